The summed E-state index contributed by atoms with van der Waals surface area (Å²) in [4.78, 5) is 30.5. The maximum Gasteiger partial charge on any atom is 0.247 e. The number of hydrogen-bond donors (Lipinski definition) is 0. The predicted octanol–water partition coefficient (Wildman–Crippen LogP) is 2.50. The molecule has 0 radical (unpaired) electrons. The second-order valence-electron chi connectivity index (χ2n) is 6.25. The third kappa shape index (κ3) is 2.35. The first-order chi connectivity index (χ1) is 11.6. The second kappa shape index (κ2) is 5.70. The zero-order valence-corrected chi connectivity index (χ0v) is 13.3. The average Bonchev–Trinajstić information content (AvgIpc) is 3.15. The Kier molecular flexibility index (Phi) is 3.52. The van der Waals surface area contributed by atoms with Crippen molar-refractivity contribution in [2.24, 2.45) is 11.8 Å². The third-order valence-electron chi connectivity index (χ3n) is 4.75. The van der Waals surface area contributed by atoms with E-state index in [1.54, 1.807) is 0 Å². The summed E-state index contributed by atoms with van der Waals surface area (Å²) in [5.74, 6) is 0.0142. The van der Waals surface area contributed by atoms with Gasteiger partial charge in [0.2, 0.25) is 23.5 Å². The first kappa shape index (κ1) is 14.8. The molecule has 0 N–H and O–H groups in total. The number of imide groups is 1. The van der Waals surface area contributed by atoms with E-state index in [4.69, 9.17) is 4.52 Å². The largest absolute Gasteiger partial charge is 0.337 e. The van der Waals surface area contributed by atoms with E-state index in [0.29, 0.717) is 18.7 Å². The molecule has 2 amide bonds. The van der Waals surface area contributed by atoms with Crippen molar-refractivity contribution in [2.45, 2.75) is 26.3 Å². The lowest BCUT2D eigenvalue weighted by Gasteiger charge is -2.14. The second-order valence-corrected chi connectivity index (χ2v) is 6.25. The minimum Gasteiger partial charge on any atom is -0.337 e. The summed E-state index contributed by atoms with van der Waals surface area (Å²) in [6.45, 7) is 2.01. The molecular weight excluding hydrogens is 306 g/mol. The molecular formula is C18H17N3O3. The summed E-state index contributed by atoms with van der Waals surface area (Å²) in [5, 5.41) is 3.98. The van der Waals surface area contributed by atoms with Gasteiger partial charge in [0.05, 0.1) is 11.8 Å². The Hall–Kier alpha value is -2.76. The van der Waals surface area contributed by atoms with Crippen LogP contribution in [-0.4, -0.2) is 26.9 Å². The van der Waals surface area contributed by atoms with Crippen LogP contribution in [0, 0.1) is 18.8 Å². The fourth-order valence-electron chi connectivity index (χ4n) is 3.41. The molecule has 0 bridgehead atoms. The van der Waals surface area contributed by atoms with Gasteiger partial charge >= 0.3 is 0 Å². The number of nitrogens with zero attached hydrogens (tertiary/aromatic N) is 3. The van der Waals surface area contributed by atoms with Gasteiger partial charge in [0, 0.05) is 5.56 Å². The van der Waals surface area contributed by atoms with E-state index < -0.39 is 0 Å². The summed E-state index contributed by atoms with van der Waals surface area (Å²) in [6.07, 6.45) is 5.20. The maximum atomic E-state index is 12.5. The van der Waals surface area contributed by atoms with Gasteiger partial charge in [-0.25, -0.2) is 0 Å². The van der Waals surface area contributed by atoms with Crippen LogP contribution in [0.5, 0.6) is 0 Å². The molecule has 1 aromatic heterocycles. The van der Waals surface area contributed by atoms with Crippen molar-refractivity contribution >= 4 is 11.8 Å². The van der Waals surface area contributed by atoms with Gasteiger partial charge in [-0.2, -0.15) is 4.98 Å². The Morgan fingerprint density at radius 1 is 1.12 bits per heavy atom. The Morgan fingerprint density at radius 3 is 2.46 bits per heavy atom. The first-order valence-corrected chi connectivity index (χ1v) is 8.04. The highest BCUT2D eigenvalue weighted by molar-refractivity contribution is 6.05. The van der Waals surface area contributed by atoms with Gasteiger partial charge in [0.25, 0.3) is 0 Å². The van der Waals surface area contributed by atoms with Crippen molar-refractivity contribution in [2.75, 3.05) is 0 Å². The molecule has 2 aliphatic rings. The molecule has 2 heterocycles. The van der Waals surface area contributed by atoms with E-state index in [1.165, 1.54) is 4.90 Å². The van der Waals surface area contributed by atoms with Crippen LogP contribution in [0.15, 0.2) is 40.9 Å². The predicted molar refractivity (Wildman–Crippen MR) is 85.4 cm³/mol. The van der Waals surface area contributed by atoms with Crippen LogP contribution in [0.1, 0.15) is 24.3 Å². The van der Waals surface area contributed by atoms with Crippen LogP contribution in [0.25, 0.3) is 11.4 Å². The van der Waals surface area contributed by atoms with Crippen LogP contribution < -0.4 is 0 Å². The summed E-state index contributed by atoms with van der Waals surface area (Å²) in [7, 11) is 0. The van der Waals surface area contributed by atoms with E-state index in [0.717, 1.165) is 11.1 Å². The zero-order chi connectivity index (χ0) is 16.7. The Morgan fingerprint density at radius 2 is 1.79 bits per heavy atom. The van der Waals surface area contributed by atoms with Crippen LogP contribution in [-0.2, 0) is 16.1 Å². The first-order valence-electron chi connectivity index (χ1n) is 8.04. The van der Waals surface area contributed by atoms with Gasteiger partial charge in [-0.3, -0.25) is 14.5 Å². The lowest BCUT2D eigenvalue weighted by molar-refractivity contribution is -0.141. The molecule has 1 aliphatic carbocycles. The molecule has 122 valence electrons. The van der Waals surface area contributed by atoms with Gasteiger partial charge in [-0.1, -0.05) is 41.6 Å². The van der Waals surface area contributed by atoms with Gasteiger partial charge < -0.3 is 4.52 Å². The van der Waals surface area contributed by atoms with Crippen molar-refractivity contribution in [3.05, 3.63) is 47.9 Å². The summed E-state index contributed by atoms with van der Waals surface area (Å²) < 4.78 is 5.26. The van der Waals surface area contributed by atoms with E-state index in [9.17, 15) is 9.59 Å². The number of hydrogen-bond acceptors (Lipinski definition) is 5. The Labute approximate surface area is 139 Å². The number of benzene rings is 1. The molecule has 6 nitrogen and oxygen atoms in total. The molecule has 0 unspecified atom stereocenters. The number of amides is 2. The topological polar surface area (TPSA) is 76.3 Å². The minimum atomic E-state index is -0.235. The molecule has 6 heteroatoms. The normalized spacial score (nSPS) is 23.0. The van der Waals surface area contributed by atoms with Crippen molar-refractivity contribution in [3.8, 4) is 11.4 Å². The van der Waals surface area contributed by atoms with Crippen molar-refractivity contribution in [1.29, 1.82) is 0 Å². The lowest BCUT2D eigenvalue weighted by atomic mass is 9.85. The lowest BCUT2D eigenvalue weighted by Crippen LogP contribution is -2.30. The number of rotatable bonds is 3. The monoisotopic (exact) mass is 323 g/mol. The molecule has 4 rings (SSSR count). The molecule has 1 aromatic carbocycles. The number of carbonyl (C=O) groups is 2. The number of fused-ring (bicyclic) bond motifs is 1. The number of likely N-dealkylation sites (tertiary alicyclic amines) is 1. The van der Waals surface area contributed by atoms with E-state index in [-0.39, 0.29) is 36.1 Å². The highest BCUT2D eigenvalue weighted by Crippen LogP contribution is 2.35. The molecule has 1 saturated heterocycles. The number of allylic oxidation sites excluding steroid dienone is 2. The molecule has 1 aliphatic heterocycles. The molecule has 2 atom stereocenters. The summed E-state index contributed by atoms with van der Waals surface area (Å²) >= 11 is 0. The summed E-state index contributed by atoms with van der Waals surface area (Å²) in [6, 6.07) is 7.73. The van der Waals surface area contributed by atoms with Gasteiger partial charge in [-0.05, 0) is 25.3 Å². The zero-order valence-electron chi connectivity index (χ0n) is 13.3. The van der Waals surface area contributed by atoms with Crippen LogP contribution in [0.2, 0.25) is 0 Å². The van der Waals surface area contributed by atoms with E-state index in [1.807, 2.05) is 43.3 Å². The SMILES string of the molecule is Cc1ccccc1-c1noc(CN2C(=O)[C@@H]3CC=CC[C@H]3C2=O)n1. The fourth-order valence-corrected chi connectivity index (χ4v) is 3.41. The van der Waals surface area contributed by atoms with Crippen molar-refractivity contribution in [3.63, 3.8) is 0 Å². The van der Waals surface area contributed by atoms with Crippen LogP contribution >= 0.6 is 0 Å². The van der Waals surface area contributed by atoms with Crippen molar-refractivity contribution < 1.29 is 14.1 Å². The number of aromatic nitrogens is 2. The van der Waals surface area contributed by atoms with Gasteiger partial charge in [-0.15, -0.1) is 0 Å². The number of aryl methyl sites for hydroxylation is 1. The van der Waals surface area contributed by atoms with Gasteiger partial charge in [0.1, 0.15) is 6.54 Å². The molecule has 24 heavy (non-hydrogen) atoms. The number of carbonyl (C=O) groups excluding carboxylic acids is 2. The summed E-state index contributed by atoms with van der Waals surface area (Å²) in [5.41, 5.74) is 1.92. The molecule has 0 spiro atoms. The standard InChI is InChI=1S/C18H17N3O3/c1-11-6-2-3-7-12(11)16-19-15(24-20-16)10-21-17(22)13-8-4-5-9-14(13)18(21)23/h2-7,13-14H,8-10H2,1H3/t13-,14-/m1/s1. The van der Waals surface area contributed by atoms with Crippen LogP contribution in [0.3, 0.4) is 0 Å². The smallest absolute Gasteiger partial charge is 0.247 e. The highest BCUT2D eigenvalue weighted by Gasteiger charge is 2.47. The van der Waals surface area contributed by atoms with Crippen LogP contribution in [0.4, 0.5) is 0 Å². The van der Waals surface area contributed by atoms with Crippen molar-refractivity contribution in [1.82, 2.24) is 15.0 Å². The average molecular weight is 323 g/mol. The van der Waals surface area contributed by atoms with E-state index >= 15 is 0 Å². The molecule has 0 saturated carbocycles. The Bertz CT molecular complexity index is 814. The van der Waals surface area contributed by atoms with Gasteiger partial charge in [0.15, 0.2) is 0 Å². The Balaban J connectivity index is 1.56. The highest BCUT2D eigenvalue weighted by atomic mass is 16.5. The third-order valence-corrected chi connectivity index (χ3v) is 4.75. The molecule has 2 aromatic rings. The van der Waals surface area contributed by atoms with E-state index in [2.05, 4.69) is 10.1 Å². The molecule has 1 fully saturated rings. The minimum absolute atomic E-state index is 0.0452. The maximum absolute atomic E-state index is 12.5. The quantitative estimate of drug-likeness (QED) is 0.641. The fraction of sp³-hybridized carbons (Fsp3) is 0.333.